The Kier molecular flexibility index (Phi) is 6.45. The van der Waals surface area contributed by atoms with E-state index in [2.05, 4.69) is 29.2 Å². The molecule has 2 unspecified atom stereocenters. The highest BCUT2D eigenvalue weighted by atomic mass is 16.5. The zero-order valence-electron chi connectivity index (χ0n) is 15.2. The van der Waals surface area contributed by atoms with E-state index in [0.29, 0.717) is 19.6 Å². The van der Waals surface area contributed by atoms with Crippen LogP contribution in [0.3, 0.4) is 0 Å². The van der Waals surface area contributed by atoms with Gasteiger partial charge in [0, 0.05) is 32.6 Å². The van der Waals surface area contributed by atoms with E-state index in [4.69, 9.17) is 4.74 Å². The molecule has 2 atom stereocenters. The molecule has 1 fully saturated rings. The number of likely N-dealkylation sites (tertiary alicyclic amines) is 1. The van der Waals surface area contributed by atoms with E-state index in [1.165, 1.54) is 11.1 Å². The first-order chi connectivity index (χ1) is 12.1. The van der Waals surface area contributed by atoms with Gasteiger partial charge in [-0.05, 0) is 43.9 Å². The zero-order valence-corrected chi connectivity index (χ0v) is 15.2. The molecule has 1 amide bonds. The van der Waals surface area contributed by atoms with Crippen LogP contribution in [0.25, 0.3) is 0 Å². The lowest BCUT2D eigenvalue weighted by molar-refractivity contribution is -0.127. The number of aliphatic hydroxyl groups excluding tert-OH is 1. The van der Waals surface area contributed by atoms with Crippen molar-refractivity contribution in [3.63, 3.8) is 0 Å². The summed E-state index contributed by atoms with van der Waals surface area (Å²) in [5, 5.41) is 10.3. The van der Waals surface area contributed by atoms with E-state index in [9.17, 15) is 9.90 Å². The normalized spacial score (nSPS) is 21.6. The molecule has 0 radical (unpaired) electrons. The van der Waals surface area contributed by atoms with Crippen LogP contribution in [0, 0.1) is 0 Å². The number of likely N-dealkylation sites (N-methyl/N-ethyl adjacent to an activating group) is 1. The van der Waals surface area contributed by atoms with E-state index in [1.807, 2.05) is 11.9 Å². The fourth-order valence-corrected chi connectivity index (χ4v) is 3.85. The first-order valence-corrected chi connectivity index (χ1v) is 9.47. The molecule has 1 aromatic carbocycles. The van der Waals surface area contributed by atoms with Crippen LogP contribution in [0.5, 0.6) is 0 Å². The summed E-state index contributed by atoms with van der Waals surface area (Å²) in [5.74, 6) is 0.258. The zero-order chi connectivity index (χ0) is 17.6. The Morgan fingerprint density at radius 2 is 2.16 bits per heavy atom. The Bertz CT molecular complexity index is 578. The Hall–Kier alpha value is -1.43. The topological polar surface area (TPSA) is 53.0 Å². The third-order valence-corrected chi connectivity index (χ3v) is 5.25. The van der Waals surface area contributed by atoms with Gasteiger partial charge in [-0.2, -0.15) is 0 Å². The first-order valence-electron chi connectivity index (χ1n) is 9.47. The number of ether oxygens (including phenoxy) is 1. The second-order valence-corrected chi connectivity index (χ2v) is 7.31. The molecule has 0 saturated carbocycles. The van der Waals surface area contributed by atoms with E-state index in [0.717, 1.165) is 45.3 Å². The molecule has 1 aliphatic carbocycles. The minimum Gasteiger partial charge on any atom is -0.389 e. The first kappa shape index (κ1) is 18.4. The fraction of sp³-hybridized carbons (Fsp3) is 0.650. The number of carbonyl (C=O) groups is 1. The van der Waals surface area contributed by atoms with Gasteiger partial charge in [-0.3, -0.25) is 4.79 Å². The average Bonchev–Trinajstić information content (AvgIpc) is 3.03. The molecule has 3 rings (SSSR count). The summed E-state index contributed by atoms with van der Waals surface area (Å²) in [7, 11) is 1.99. The highest BCUT2D eigenvalue weighted by molar-refractivity contribution is 5.78. The van der Waals surface area contributed by atoms with Crippen molar-refractivity contribution in [3.05, 3.63) is 35.4 Å². The van der Waals surface area contributed by atoms with E-state index in [1.54, 1.807) is 0 Å². The number of nitrogens with zero attached hydrogens (tertiary/aromatic N) is 2. The second kappa shape index (κ2) is 8.79. The number of hydrogen-bond donors (Lipinski definition) is 1. The molecule has 25 heavy (non-hydrogen) atoms. The van der Waals surface area contributed by atoms with Crippen molar-refractivity contribution >= 4 is 5.91 Å². The van der Waals surface area contributed by atoms with Crippen molar-refractivity contribution in [2.75, 3.05) is 39.8 Å². The van der Waals surface area contributed by atoms with Gasteiger partial charge in [0.1, 0.15) is 0 Å². The molecule has 0 bridgehead atoms. The summed E-state index contributed by atoms with van der Waals surface area (Å²) < 4.78 is 6.03. The monoisotopic (exact) mass is 346 g/mol. The molecule has 0 spiro atoms. The van der Waals surface area contributed by atoms with Gasteiger partial charge in [0.05, 0.1) is 18.8 Å². The van der Waals surface area contributed by atoms with E-state index >= 15 is 0 Å². The van der Waals surface area contributed by atoms with Gasteiger partial charge in [0.2, 0.25) is 5.91 Å². The number of aryl methyl sites for hydroxylation is 1. The molecule has 1 aromatic rings. The van der Waals surface area contributed by atoms with Crippen LogP contribution in [0.4, 0.5) is 0 Å². The smallest absolute Gasteiger partial charge is 0.222 e. The number of carbonyl (C=O) groups excluding carboxylic acids is 1. The molecule has 1 N–H and O–H groups in total. The summed E-state index contributed by atoms with van der Waals surface area (Å²) in [6.45, 7) is 3.33. The van der Waals surface area contributed by atoms with Crippen molar-refractivity contribution in [2.24, 2.45) is 0 Å². The average molecular weight is 346 g/mol. The summed E-state index contributed by atoms with van der Waals surface area (Å²) in [6.07, 6.45) is 4.54. The van der Waals surface area contributed by atoms with Gasteiger partial charge in [0.25, 0.3) is 0 Å². The molecule has 5 heteroatoms. The fourth-order valence-electron chi connectivity index (χ4n) is 3.85. The Balaban J connectivity index is 1.39. The molecule has 5 nitrogen and oxygen atoms in total. The summed E-state index contributed by atoms with van der Waals surface area (Å²) in [6, 6.07) is 8.46. The SMILES string of the molecule is CN(CCN1CCCC1=O)CC(O)COC1CCCc2ccccc21. The van der Waals surface area contributed by atoms with Gasteiger partial charge in [0.15, 0.2) is 0 Å². The van der Waals surface area contributed by atoms with Crippen molar-refractivity contribution in [3.8, 4) is 0 Å². The lowest BCUT2D eigenvalue weighted by atomic mass is 9.89. The summed E-state index contributed by atoms with van der Waals surface area (Å²) >= 11 is 0. The van der Waals surface area contributed by atoms with Crippen LogP contribution in [-0.2, 0) is 16.0 Å². The highest BCUT2D eigenvalue weighted by Crippen LogP contribution is 2.32. The maximum Gasteiger partial charge on any atom is 0.222 e. The van der Waals surface area contributed by atoms with Crippen LogP contribution in [-0.4, -0.2) is 66.8 Å². The molecule has 1 saturated heterocycles. The minimum absolute atomic E-state index is 0.104. The molecule has 2 aliphatic rings. The highest BCUT2D eigenvalue weighted by Gasteiger charge is 2.22. The standard InChI is InChI=1S/C20H30N2O3/c1-21(12-13-22-11-5-10-20(22)24)14-17(23)15-25-19-9-4-7-16-6-2-3-8-18(16)19/h2-3,6,8,17,19,23H,4-5,7,9-15H2,1H3. The summed E-state index contributed by atoms with van der Waals surface area (Å²) in [4.78, 5) is 15.6. The minimum atomic E-state index is -0.506. The maximum atomic E-state index is 11.6. The van der Waals surface area contributed by atoms with Crippen LogP contribution >= 0.6 is 0 Å². The molecule has 1 heterocycles. The third kappa shape index (κ3) is 5.03. The van der Waals surface area contributed by atoms with Crippen LogP contribution in [0.15, 0.2) is 24.3 Å². The van der Waals surface area contributed by atoms with Gasteiger partial charge in [-0.15, -0.1) is 0 Å². The van der Waals surface area contributed by atoms with Gasteiger partial charge in [-0.25, -0.2) is 0 Å². The predicted octanol–water partition coefficient (Wildman–Crippen LogP) is 2.00. The molecule has 1 aliphatic heterocycles. The van der Waals surface area contributed by atoms with Gasteiger partial charge in [-0.1, -0.05) is 24.3 Å². The molecule has 0 aromatic heterocycles. The Labute approximate surface area is 150 Å². The van der Waals surface area contributed by atoms with Crippen molar-refractivity contribution < 1.29 is 14.6 Å². The third-order valence-electron chi connectivity index (χ3n) is 5.25. The van der Waals surface area contributed by atoms with Crippen molar-refractivity contribution in [1.29, 1.82) is 0 Å². The maximum absolute atomic E-state index is 11.6. The lowest BCUT2D eigenvalue weighted by Gasteiger charge is -2.28. The number of amides is 1. The predicted molar refractivity (Wildman–Crippen MR) is 97.4 cm³/mol. The largest absolute Gasteiger partial charge is 0.389 e. The van der Waals surface area contributed by atoms with E-state index < -0.39 is 6.10 Å². The van der Waals surface area contributed by atoms with Crippen molar-refractivity contribution in [1.82, 2.24) is 9.80 Å². The number of fused-ring (bicyclic) bond motifs is 1. The quantitative estimate of drug-likeness (QED) is 0.782. The van der Waals surface area contributed by atoms with E-state index in [-0.39, 0.29) is 12.0 Å². The van der Waals surface area contributed by atoms with Crippen LogP contribution in [0.2, 0.25) is 0 Å². The number of benzene rings is 1. The summed E-state index contributed by atoms with van der Waals surface area (Å²) in [5.41, 5.74) is 2.66. The Morgan fingerprint density at radius 3 is 2.96 bits per heavy atom. The number of aliphatic hydroxyl groups is 1. The van der Waals surface area contributed by atoms with Crippen LogP contribution < -0.4 is 0 Å². The van der Waals surface area contributed by atoms with Crippen molar-refractivity contribution in [2.45, 2.75) is 44.3 Å². The molecular weight excluding hydrogens is 316 g/mol. The van der Waals surface area contributed by atoms with Crippen LogP contribution in [0.1, 0.15) is 42.9 Å². The lowest BCUT2D eigenvalue weighted by Crippen LogP contribution is -2.38. The number of hydrogen-bond acceptors (Lipinski definition) is 4. The van der Waals surface area contributed by atoms with Gasteiger partial charge >= 0.3 is 0 Å². The Morgan fingerprint density at radius 1 is 1.32 bits per heavy atom. The molecular formula is C20H30N2O3. The second-order valence-electron chi connectivity index (χ2n) is 7.31. The van der Waals surface area contributed by atoms with Gasteiger partial charge < -0.3 is 19.6 Å². The molecule has 138 valence electrons. The number of rotatable bonds is 8.